The minimum Gasteiger partial charge on any atom is -0.290 e. The van der Waals surface area contributed by atoms with Crippen LogP contribution in [-0.4, -0.2) is 0 Å². The Morgan fingerprint density at radius 3 is 2.33 bits per heavy atom. The summed E-state index contributed by atoms with van der Waals surface area (Å²) < 4.78 is 0. The summed E-state index contributed by atoms with van der Waals surface area (Å²) in [5.41, 5.74) is 0.948. The first-order valence-corrected chi connectivity index (χ1v) is 5.59. The van der Waals surface area contributed by atoms with Gasteiger partial charge in [-0.1, -0.05) is 23.2 Å². The molecule has 5 heteroatoms. The summed E-state index contributed by atoms with van der Waals surface area (Å²) in [7, 11) is 0. The molecule has 18 heavy (non-hydrogen) atoms. The molecule has 0 saturated heterocycles. The molecule has 86 valence electrons. The molecule has 0 N–H and O–H groups in total. The van der Waals surface area contributed by atoms with Crippen LogP contribution in [-0.2, 0) is 0 Å². The number of halogens is 2. The van der Waals surface area contributed by atoms with Gasteiger partial charge in [0.05, 0.1) is 0 Å². The van der Waals surface area contributed by atoms with Crippen molar-refractivity contribution >= 4 is 33.8 Å². The van der Waals surface area contributed by atoms with E-state index >= 15 is 0 Å². The molecule has 1 aliphatic carbocycles. The highest BCUT2D eigenvalue weighted by molar-refractivity contribution is 6.51. The van der Waals surface area contributed by atoms with Crippen LogP contribution in [0.3, 0.4) is 0 Å². The number of rotatable bonds is 0. The molecule has 0 spiro atoms. The van der Waals surface area contributed by atoms with Crippen molar-refractivity contribution in [2.75, 3.05) is 0 Å². The Hall–Kier alpha value is -2.07. The van der Waals surface area contributed by atoms with Gasteiger partial charge in [-0.3, -0.25) is 4.79 Å². The standard InChI is InChI=1S/C13H4Cl2N2O/c14-8-1-9(18)3-11-10(7(5-16)6-17)4-13(15)12(11)2-8/h1-4H. The fourth-order valence-corrected chi connectivity index (χ4v) is 2.19. The van der Waals surface area contributed by atoms with E-state index in [0.29, 0.717) is 21.7 Å². The first kappa shape index (κ1) is 12.4. The van der Waals surface area contributed by atoms with Crippen molar-refractivity contribution in [1.29, 1.82) is 10.5 Å². The van der Waals surface area contributed by atoms with Crippen LogP contribution in [0.1, 0.15) is 11.1 Å². The summed E-state index contributed by atoms with van der Waals surface area (Å²) in [5.74, 6) is 0. The van der Waals surface area contributed by atoms with Crippen molar-refractivity contribution in [2.24, 2.45) is 0 Å². The Labute approximate surface area is 113 Å². The average Bonchev–Trinajstić information content (AvgIpc) is 2.52. The van der Waals surface area contributed by atoms with Crippen LogP contribution in [0, 0.1) is 22.7 Å². The predicted octanol–water partition coefficient (Wildman–Crippen LogP) is 3.09. The monoisotopic (exact) mass is 274 g/mol. The van der Waals surface area contributed by atoms with Crippen molar-refractivity contribution in [3.05, 3.63) is 56.2 Å². The van der Waals surface area contributed by atoms with Crippen LogP contribution in [0.4, 0.5) is 0 Å². The Kier molecular flexibility index (Phi) is 3.21. The van der Waals surface area contributed by atoms with Gasteiger partial charge in [0.2, 0.25) is 0 Å². The number of hydrogen-bond acceptors (Lipinski definition) is 3. The summed E-state index contributed by atoms with van der Waals surface area (Å²) in [6, 6.07) is 7.66. The number of nitrogens with zero attached hydrogens (tertiary/aromatic N) is 2. The molecule has 0 bridgehead atoms. The first-order valence-electron chi connectivity index (χ1n) is 4.84. The van der Waals surface area contributed by atoms with E-state index in [0.717, 1.165) is 0 Å². The predicted molar refractivity (Wildman–Crippen MR) is 69.7 cm³/mol. The van der Waals surface area contributed by atoms with Gasteiger partial charge in [0.1, 0.15) is 17.7 Å². The van der Waals surface area contributed by atoms with Gasteiger partial charge in [0.25, 0.3) is 0 Å². The topological polar surface area (TPSA) is 64.7 Å². The zero-order valence-corrected chi connectivity index (χ0v) is 10.4. The van der Waals surface area contributed by atoms with Crippen molar-refractivity contribution in [3.8, 4) is 12.1 Å². The van der Waals surface area contributed by atoms with Crippen molar-refractivity contribution in [3.63, 3.8) is 0 Å². The summed E-state index contributed by atoms with van der Waals surface area (Å²) >= 11 is 11.9. The maximum atomic E-state index is 11.6. The van der Waals surface area contributed by atoms with Crippen molar-refractivity contribution in [1.82, 2.24) is 0 Å². The van der Waals surface area contributed by atoms with Gasteiger partial charge in [-0.2, -0.15) is 10.5 Å². The molecule has 0 aromatic heterocycles. The fraction of sp³-hybridized carbons (Fsp3) is 0. The van der Waals surface area contributed by atoms with Crippen LogP contribution < -0.4 is 5.43 Å². The SMILES string of the molecule is N#CC(C#N)=C1C=C(Cl)c2cc(Cl)cc(=O)cc21. The zero-order chi connectivity index (χ0) is 13.3. The van der Waals surface area contributed by atoms with Crippen LogP contribution >= 0.6 is 23.2 Å². The molecule has 0 amide bonds. The first-order chi connectivity index (χ1) is 8.56. The van der Waals surface area contributed by atoms with Gasteiger partial charge in [-0.05, 0) is 23.8 Å². The van der Waals surface area contributed by atoms with E-state index in [9.17, 15) is 4.79 Å². The van der Waals surface area contributed by atoms with Crippen LogP contribution in [0.2, 0.25) is 5.02 Å². The molecule has 1 aromatic carbocycles. The molecule has 0 heterocycles. The minimum atomic E-state index is -0.311. The minimum absolute atomic E-state index is 0.0892. The van der Waals surface area contributed by atoms with Gasteiger partial charge in [-0.15, -0.1) is 0 Å². The third-order valence-corrected chi connectivity index (χ3v) is 2.98. The van der Waals surface area contributed by atoms with Gasteiger partial charge in [0.15, 0.2) is 5.43 Å². The summed E-state index contributed by atoms with van der Waals surface area (Å²) in [4.78, 5) is 11.6. The quantitative estimate of drug-likeness (QED) is 0.683. The summed E-state index contributed by atoms with van der Waals surface area (Å²) in [6.45, 7) is 0. The lowest BCUT2D eigenvalue weighted by Gasteiger charge is -1.96. The fourth-order valence-electron chi connectivity index (χ4n) is 1.71. The molecule has 1 aliphatic rings. The van der Waals surface area contributed by atoms with Gasteiger partial charge >= 0.3 is 0 Å². The summed E-state index contributed by atoms with van der Waals surface area (Å²) in [6.07, 6.45) is 1.49. The second-order valence-electron chi connectivity index (χ2n) is 3.55. The molecule has 0 fully saturated rings. The van der Waals surface area contributed by atoms with E-state index in [1.165, 1.54) is 24.3 Å². The second kappa shape index (κ2) is 4.66. The Morgan fingerprint density at radius 1 is 1.06 bits per heavy atom. The van der Waals surface area contributed by atoms with E-state index in [2.05, 4.69) is 0 Å². The number of fused-ring (bicyclic) bond motifs is 1. The molecule has 1 aromatic rings. The molecule has 0 unspecified atom stereocenters. The molecule has 0 atom stereocenters. The van der Waals surface area contributed by atoms with Crippen LogP contribution in [0.5, 0.6) is 0 Å². The molecule has 0 aliphatic heterocycles. The smallest absolute Gasteiger partial charge is 0.180 e. The van der Waals surface area contributed by atoms with E-state index in [-0.39, 0.29) is 16.0 Å². The average molecular weight is 275 g/mol. The highest BCUT2D eigenvalue weighted by Gasteiger charge is 2.20. The summed E-state index contributed by atoms with van der Waals surface area (Å²) in [5, 5.41) is 18.4. The highest BCUT2D eigenvalue weighted by Crippen LogP contribution is 2.38. The number of allylic oxidation sites excluding steroid dienone is 3. The second-order valence-corrected chi connectivity index (χ2v) is 4.40. The van der Waals surface area contributed by atoms with E-state index in [1.54, 1.807) is 12.1 Å². The Bertz CT molecular complexity index is 733. The largest absolute Gasteiger partial charge is 0.290 e. The van der Waals surface area contributed by atoms with Crippen LogP contribution in [0.25, 0.3) is 10.6 Å². The Morgan fingerprint density at radius 2 is 1.72 bits per heavy atom. The lowest BCUT2D eigenvalue weighted by atomic mass is 10.0. The lowest BCUT2D eigenvalue weighted by Crippen LogP contribution is -1.93. The third kappa shape index (κ3) is 2.02. The molecule has 0 radical (unpaired) electrons. The zero-order valence-electron chi connectivity index (χ0n) is 8.87. The molecule has 2 rings (SSSR count). The number of nitriles is 2. The van der Waals surface area contributed by atoms with E-state index < -0.39 is 0 Å². The number of hydrogen-bond donors (Lipinski definition) is 0. The normalized spacial score (nSPS) is 12.2. The Balaban J connectivity index is 2.91. The molecular weight excluding hydrogens is 271 g/mol. The van der Waals surface area contributed by atoms with Crippen molar-refractivity contribution < 1.29 is 0 Å². The highest BCUT2D eigenvalue weighted by atomic mass is 35.5. The van der Waals surface area contributed by atoms with Gasteiger partial charge in [-0.25, -0.2) is 0 Å². The molecule has 3 nitrogen and oxygen atoms in total. The maximum absolute atomic E-state index is 11.6. The lowest BCUT2D eigenvalue weighted by molar-refractivity contribution is 1.46. The van der Waals surface area contributed by atoms with E-state index in [1.807, 2.05) is 0 Å². The third-order valence-electron chi connectivity index (χ3n) is 2.45. The van der Waals surface area contributed by atoms with Gasteiger partial charge in [0, 0.05) is 27.3 Å². The van der Waals surface area contributed by atoms with Crippen LogP contribution in [0.15, 0.2) is 34.6 Å². The maximum Gasteiger partial charge on any atom is 0.180 e. The molecule has 0 saturated carbocycles. The van der Waals surface area contributed by atoms with E-state index in [4.69, 9.17) is 33.7 Å². The van der Waals surface area contributed by atoms with Crippen molar-refractivity contribution in [2.45, 2.75) is 0 Å². The molecular formula is C13H4Cl2N2O. The van der Waals surface area contributed by atoms with Gasteiger partial charge < -0.3 is 0 Å².